The molecule has 0 radical (unpaired) electrons. The molecule has 1 aliphatic carbocycles. The van der Waals surface area contributed by atoms with Crippen LogP contribution in [0, 0.1) is 5.41 Å². The molecule has 0 amide bonds. The molecule has 3 aliphatic rings. The first-order chi connectivity index (χ1) is 15.5. The standard InChI is InChI=1S/C25H28F3NO4/c1-14-20(23(31)33-13-15-7-6-10-32-15)21(16-8-4-5-9-17(16)25(26,27)28)22-18(29-14)11-24(2,3)12-19(22)30/h4-5,8-9,15,21,29H,6-7,10-13H2,1-3H3/t15-,21+/m0/s1. The fourth-order valence-electron chi connectivity index (χ4n) is 5.05. The molecule has 2 aliphatic heterocycles. The number of ether oxygens (including phenoxy) is 2. The van der Waals surface area contributed by atoms with Gasteiger partial charge in [0.05, 0.1) is 17.2 Å². The number of esters is 1. The van der Waals surface area contributed by atoms with Gasteiger partial charge in [0.25, 0.3) is 0 Å². The number of allylic oxidation sites excluding steroid dienone is 3. The van der Waals surface area contributed by atoms with Crippen LogP contribution in [0.4, 0.5) is 13.2 Å². The average Bonchev–Trinajstić information content (AvgIpc) is 3.23. The summed E-state index contributed by atoms with van der Waals surface area (Å²) in [6, 6.07) is 5.13. The highest BCUT2D eigenvalue weighted by atomic mass is 19.4. The molecule has 5 nitrogen and oxygen atoms in total. The summed E-state index contributed by atoms with van der Waals surface area (Å²) in [6.45, 7) is 6.14. The Hall–Kier alpha value is -2.61. The molecule has 0 unspecified atom stereocenters. The van der Waals surface area contributed by atoms with Gasteiger partial charge in [0.15, 0.2) is 5.78 Å². The van der Waals surface area contributed by atoms with Crippen LogP contribution in [0.2, 0.25) is 0 Å². The van der Waals surface area contributed by atoms with Crippen LogP contribution in [0.25, 0.3) is 0 Å². The van der Waals surface area contributed by atoms with E-state index in [9.17, 15) is 22.8 Å². The lowest BCUT2D eigenvalue weighted by Gasteiger charge is -2.40. The number of hydrogen-bond acceptors (Lipinski definition) is 5. The Morgan fingerprint density at radius 1 is 1.24 bits per heavy atom. The second kappa shape index (κ2) is 8.63. The maximum Gasteiger partial charge on any atom is 0.416 e. The molecule has 1 aromatic rings. The molecule has 1 aromatic carbocycles. The van der Waals surface area contributed by atoms with Crippen molar-refractivity contribution in [1.82, 2.24) is 5.32 Å². The van der Waals surface area contributed by atoms with E-state index in [4.69, 9.17) is 9.47 Å². The molecule has 1 saturated heterocycles. The van der Waals surface area contributed by atoms with Crippen LogP contribution in [0.1, 0.15) is 63.5 Å². The van der Waals surface area contributed by atoms with Gasteiger partial charge in [-0.15, -0.1) is 0 Å². The van der Waals surface area contributed by atoms with Crippen LogP contribution in [-0.2, 0) is 25.2 Å². The Bertz CT molecular complexity index is 1030. The lowest BCUT2D eigenvalue weighted by molar-refractivity contribution is -0.143. The SMILES string of the molecule is CC1=C(C(=O)OC[C@@H]2CCCO2)[C@@H](c2ccccc2C(F)(F)F)C2=C(CC(C)(C)CC2=O)N1. The molecule has 0 bridgehead atoms. The number of carbonyl (C=O) groups is 2. The second-order valence-corrected chi connectivity index (χ2v) is 9.75. The summed E-state index contributed by atoms with van der Waals surface area (Å²) < 4.78 is 52.9. The van der Waals surface area contributed by atoms with Crippen LogP contribution in [0.5, 0.6) is 0 Å². The lowest BCUT2D eigenvalue weighted by Crippen LogP contribution is -2.39. The van der Waals surface area contributed by atoms with Crippen molar-refractivity contribution in [3.63, 3.8) is 0 Å². The molecule has 0 saturated carbocycles. The Morgan fingerprint density at radius 3 is 2.64 bits per heavy atom. The van der Waals surface area contributed by atoms with Crippen LogP contribution >= 0.6 is 0 Å². The van der Waals surface area contributed by atoms with Crippen molar-refractivity contribution in [2.45, 2.75) is 64.7 Å². The van der Waals surface area contributed by atoms with Gasteiger partial charge in [-0.25, -0.2) is 4.79 Å². The molecule has 2 heterocycles. The van der Waals surface area contributed by atoms with Gasteiger partial charge in [-0.2, -0.15) is 13.2 Å². The van der Waals surface area contributed by atoms with Gasteiger partial charge in [-0.1, -0.05) is 32.0 Å². The molecule has 0 aromatic heterocycles. The summed E-state index contributed by atoms with van der Waals surface area (Å²) in [7, 11) is 0. The van der Waals surface area contributed by atoms with Gasteiger partial charge in [0.1, 0.15) is 6.61 Å². The summed E-state index contributed by atoms with van der Waals surface area (Å²) in [6.07, 6.45) is -2.55. The quantitative estimate of drug-likeness (QED) is 0.635. The van der Waals surface area contributed by atoms with Gasteiger partial charge in [-0.3, -0.25) is 4.79 Å². The van der Waals surface area contributed by atoms with Gasteiger partial charge in [0.2, 0.25) is 0 Å². The first-order valence-electron chi connectivity index (χ1n) is 11.2. The topological polar surface area (TPSA) is 64.6 Å². The molecular formula is C25H28F3NO4. The number of nitrogens with one attached hydrogen (secondary N) is 1. The molecular weight excluding hydrogens is 435 g/mol. The van der Waals surface area contributed by atoms with E-state index in [-0.39, 0.29) is 47.0 Å². The second-order valence-electron chi connectivity index (χ2n) is 9.75. The Kier molecular flexibility index (Phi) is 6.16. The molecule has 0 spiro atoms. The normalized spacial score (nSPS) is 25.1. The van der Waals surface area contributed by atoms with Gasteiger partial charge < -0.3 is 14.8 Å². The van der Waals surface area contributed by atoms with E-state index in [1.165, 1.54) is 18.2 Å². The fourth-order valence-corrected chi connectivity index (χ4v) is 5.05. The van der Waals surface area contributed by atoms with Crippen LogP contribution in [-0.4, -0.2) is 31.1 Å². The van der Waals surface area contributed by atoms with Gasteiger partial charge >= 0.3 is 12.1 Å². The highest BCUT2D eigenvalue weighted by Gasteiger charge is 2.46. The van der Waals surface area contributed by atoms with Crippen LogP contribution in [0.3, 0.4) is 0 Å². The number of benzene rings is 1. The number of alkyl halides is 3. The zero-order valence-electron chi connectivity index (χ0n) is 19.0. The summed E-state index contributed by atoms with van der Waals surface area (Å²) in [5.41, 5.74) is -0.0778. The Morgan fingerprint density at radius 2 is 1.97 bits per heavy atom. The van der Waals surface area contributed by atoms with E-state index in [2.05, 4.69) is 5.32 Å². The number of Topliss-reactive ketones (excluding diaryl/α,β-unsaturated/α-hetero) is 1. The summed E-state index contributed by atoms with van der Waals surface area (Å²) >= 11 is 0. The number of carbonyl (C=O) groups excluding carboxylic acids is 2. The maximum absolute atomic E-state index is 14.0. The summed E-state index contributed by atoms with van der Waals surface area (Å²) in [5, 5.41) is 3.15. The highest BCUT2D eigenvalue weighted by molar-refractivity contribution is 6.04. The average molecular weight is 463 g/mol. The Labute approximate surface area is 191 Å². The van der Waals surface area contributed by atoms with Crippen molar-refractivity contribution in [3.8, 4) is 0 Å². The predicted octanol–water partition coefficient (Wildman–Crippen LogP) is 5.03. The van der Waals surface area contributed by atoms with Crippen LogP contribution < -0.4 is 5.32 Å². The number of rotatable bonds is 4. The molecule has 33 heavy (non-hydrogen) atoms. The molecule has 4 rings (SSSR count). The fraction of sp³-hybridized carbons (Fsp3) is 0.520. The number of hydrogen-bond donors (Lipinski definition) is 1. The van der Waals surface area contributed by atoms with Gasteiger partial charge in [-0.05, 0) is 43.2 Å². The number of halogens is 3. The van der Waals surface area contributed by atoms with Crippen molar-refractivity contribution < 1.29 is 32.2 Å². The van der Waals surface area contributed by atoms with E-state index in [0.29, 0.717) is 24.4 Å². The van der Waals surface area contributed by atoms with Crippen molar-refractivity contribution in [2.75, 3.05) is 13.2 Å². The van der Waals surface area contributed by atoms with Crippen LogP contribution in [0.15, 0.2) is 46.8 Å². The maximum atomic E-state index is 14.0. The van der Waals surface area contributed by atoms with E-state index in [1.54, 1.807) is 6.92 Å². The number of dihydropyridines is 1. The van der Waals surface area contributed by atoms with Gasteiger partial charge in [0, 0.05) is 35.9 Å². The minimum absolute atomic E-state index is 0.0239. The minimum Gasteiger partial charge on any atom is -0.459 e. The van der Waals surface area contributed by atoms with Crippen molar-refractivity contribution in [1.29, 1.82) is 0 Å². The lowest BCUT2D eigenvalue weighted by atomic mass is 9.68. The smallest absolute Gasteiger partial charge is 0.416 e. The largest absolute Gasteiger partial charge is 0.459 e. The third kappa shape index (κ3) is 4.71. The van der Waals surface area contributed by atoms with Crippen molar-refractivity contribution >= 4 is 11.8 Å². The zero-order valence-corrected chi connectivity index (χ0v) is 19.0. The first-order valence-corrected chi connectivity index (χ1v) is 11.2. The summed E-state index contributed by atoms with van der Waals surface area (Å²) in [5.74, 6) is -2.14. The van der Waals surface area contributed by atoms with Crippen molar-refractivity contribution in [3.05, 3.63) is 57.9 Å². The molecule has 1 fully saturated rings. The predicted molar refractivity (Wildman–Crippen MR) is 115 cm³/mol. The highest BCUT2D eigenvalue weighted by Crippen LogP contribution is 2.49. The van der Waals surface area contributed by atoms with E-state index < -0.39 is 23.6 Å². The monoisotopic (exact) mass is 463 g/mol. The van der Waals surface area contributed by atoms with E-state index >= 15 is 0 Å². The third-order valence-electron chi connectivity index (χ3n) is 6.46. The number of ketones is 1. The third-order valence-corrected chi connectivity index (χ3v) is 6.46. The molecule has 178 valence electrons. The Balaban J connectivity index is 1.81. The first kappa shape index (κ1) is 23.5. The van der Waals surface area contributed by atoms with E-state index in [1.807, 2.05) is 13.8 Å². The summed E-state index contributed by atoms with van der Waals surface area (Å²) in [4.78, 5) is 26.5. The van der Waals surface area contributed by atoms with E-state index in [0.717, 1.165) is 18.9 Å². The minimum atomic E-state index is -4.64. The molecule has 2 atom stereocenters. The molecule has 8 heteroatoms. The molecule has 1 N–H and O–H groups in total. The van der Waals surface area contributed by atoms with Crippen molar-refractivity contribution in [2.24, 2.45) is 5.41 Å². The zero-order chi connectivity index (χ0) is 24.0.